The zero-order valence-corrected chi connectivity index (χ0v) is 10.1. The molecule has 3 heterocycles. The molecule has 0 spiro atoms. The quantitative estimate of drug-likeness (QED) is 0.771. The SMILES string of the molecule is O=CC1c2nccnc2CN1c1ccc(Cl)cn1. The van der Waals surface area contributed by atoms with E-state index in [1.165, 1.54) is 0 Å². The first-order chi connectivity index (χ1) is 8.79. The van der Waals surface area contributed by atoms with Crippen molar-refractivity contribution in [2.24, 2.45) is 0 Å². The second kappa shape index (κ2) is 4.34. The number of aldehydes is 1. The van der Waals surface area contributed by atoms with E-state index in [-0.39, 0.29) is 0 Å². The molecule has 0 N–H and O–H groups in total. The Morgan fingerprint density at radius 2 is 2.11 bits per heavy atom. The van der Waals surface area contributed by atoms with Crippen molar-refractivity contribution in [3.05, 3.63) is 47.1 Å². The lowest BCUT2D eigenvalue weighted by Gasteiger charge is -2.20. The zero-order valence-electron chi connectivity index (χ0n) is 9.32. The number of nitrogens with zero attached hydrogens (tertiary/aromatic N) is 4. The number of anilines is 1. The summed E-state index contributed by atoms with van der Waals surface area (Å²) in [5, 5.41) is 0.564. The van der Waals surface area contributed by atoms with Crippen LogP contribution >= 0.6 is 11.6 Å². The van der Waals surface area contributed by atoms with Crippen LogP contribution in [0.25, 0.3) is 0 Å². The highest BCUT2D eigenvalue weighted by molar-refractivity contribution is 6.30. The molecule has 1 aliphatic rings. The van der Waals surface area contributed by atoms with Gasteiger partial charge in [-0.1, -0.05) is 11.6 Å². The molecule has 90 valence electrons. The Morgan fingerprint density at radius 3 is 2.83 bits per heavy atom. The van der Waals surface area contributed by atoms with Crippen LogP contribution in [0.15, 0.2) is 30.7 Å². The molecule has 18 heavy (non-hydrogen) atoms. The summed E-state index contributed by atoms with van der Waals surface area (Å²) in [5.74, 6) is 0.691. The van der Waals surface area contributed by atoms with E-state index in [0.717, 1.165) is 12.0 Å². The van der Waals surface area contributed by atoms with E-state index in [4.69, 9.17) is 11.6 Å². The first-order valence-electron chi connectivity index (χ1n) is 5.43. The third kappa shape index (κ3) is 1.73. The van der Waals surface area contributed by atoms with Gasteiger partial charge < -0.3 is 9.69 Å². The molecule has 3 rings (SSSR count). The van der Waals surface area contributed by atoms with E-state index < -0.39 is 6.04 Å². The molecule has 0 radical (unpaired) electrons. The maximum atomic E-state index is 11.3. The fourth-order valence-electron chi connectivity index (χ4n) is 2.05. The maximum absolute atomic E-state index is 11.3. The molecule has 2 aromatic rings. The summed E-state index contributed by atoms with van der Waals surface area (Å²) in [5.41, 5.74) is 1.51. The van der Waals surface area contributed by atoms with Gasteiger partial charge >= 0.3 is 0 Å². The number of rotatable bonds is 2. The van der Waals surface area contributed by atoms with Gasteiger partial charge in [0.1, 0.15) is 18.1 Å². The number of carbonyl (C=O) groups excluding carboxylic acids is 1. The van der Waals surface area contributed by atoms with E-state index in [2.05, 4.69) is 15.0 Å². The molecule has 1 aliphatic heterocycles. The predicted octanol–water partition coefficient (Wildman–Crippen LogP) is 1.79. The van der Waals surface area contributed by atoms with Crippen molar-refractivity contribution in [2.75, 3.05) is 4.90 Å². The Kier molecular flexibility index (Phi) is 2.68. The van der Waals surface area contributed by atoms with Gasteiger partial charge in [-0.15, -0.1) is 0 Å². The number of hydrogen-bond acceptors (Lipinski definition) is 5. The van der Waals surface area contributed by atoms with Crippen LogP contribution in [-0.4, -0.2) is 21.2 Å². The number of fused-ring (bicyclic) bond motifs is 1. The van der Waals surface area contributed by atoms with Crippen molar-refractivity contribution in [3.63, 3.8) is 0 Å². The molecule has 0 aromatic carbocycles. The molecule has 5 nitrogen and oxygen atoms in total. The topological polar surface area (TPSA) is 59.0 Å². The number of carbonyl (C=O) groups is 1. The number of halogens is 1. The fraction of sp³-hybridized carbons (Fsp3) is 0.167. The molecule has 2 aromatic heterocycles. The van der Waals surface area contributed by atoms with Crippen LogP contribution in [0.4, 0.5) is 5.82 Å². The minimum absolute atomic E-state index is 0.428. The Bertz CT molecular complexity index is 587. The van der Waals surface area contributed by atoms with Crippen LogP contribution in [0.5, 0.6) is 0 Å². The highest BCUT2D eigenvalue weighted by Crippen LogP contribution is 2.32. The maximum Gasteiger partial charge on any atom is 0.148 e. The molecule has 0 fully saturated rings. The highest BCUT2D eigenvalue weighted by Gasteiger charge is 2.32. The molecule has 0 saturated heterocycles. The van der Waals surface area contributed by atoms with Crippen LogP contribution in [0.3, 0.4) is 0 Å². The summed E-state index contributed by atoms with van der Waals surface area (Å²) in [4.78, 5) is 25.8. The fourth-order valence-corrected chi connectivity index (χ4v) is 2.16. The van der Waals surface area contributed by atoms with Crippen molar-refractivity contribution in [1.82, 2.24) is 15.0 Å². The molecule has 0 saturated carbocycles. The summed E-state index contributed by atoms with van der Waals surface area (Å²) >= 11 is 5.80. The third-order valence-corrected chi connectivity index (χ3v) is 3.10. The average Bonchev–Trinajstić information content (AvgIpc) is 2.78. The molecule has 6 heteroatoms. The predicted molar refractivity (Wildman–Crippen MR) is 66.3 cm³/mol. The Hall–Kier alpha value is -2.01. The minimum Gasteiger partial charge on any atom is -0.335 e. The van der Waals surface area contributed by atoms with Crippen LogP contribution in [-0.2, 0) is 11.3 Å². The van der Waals surface area contributed by atoms with Gasteiger partial charge in [0.2, 0.25) is 0 Å². The van der Waals surface area contributed by atoms with Crippen LogP contribution < -0.4 is 4.90 Å². The first kappa shape index (κ1) is 11.1. The number of hydrogen-bond donors (Lipinski definition) is 0. The lowest BCUT2D eigenvalue weighted by Crippen LogP contribution is -2.23. The van der Waals surface area contributed by atoms with Crippen molar-refractivity contribution >= 4 is 23.7 Å². The molecule has 0 amide bonds. The summed E-state index contributed by atoms with van der Waals surface area (Å²) in [6, 6.07) is 3.10. The van der Waals surface area contributed by atoms with Gasteiger partial charge in [0.15, 0.2) is 0 Å². The van der Waals surface area contributed by atoms with Crippen molar-refractivity contribution in [3.8, 4) is 0 Å². The van der Waals surface area contributed by atoms with Crippen molar-refractivity contribution < 1.29 is 4.79 Å². The van der Waals surface area contributed by atoms with Crippen LogP contribution in [0, 0.1) is 0 Å². The van der Waals surface area contributed by atoms with Crippen LogP contribution in [0.1, 0.15) is 17.4 Å². The normalized spacial score (nSPS) is 17.6. The monoisotopic (exact) mass is 260 g/mol. The summed E-state index contributed by atoms with van der Waals surface area (Å²) in [6.45, 7) is 0.529. The smallest absolute Gasteiger partial charge is 0.148 e. The van der Waals surface area contributed by atoms with Gasteiger partial charge in [0.25, 0.3) is 0 Å². The van der Waals surface area contributed by atoms with E-state index >= 15 is 0 Å². The van der Waals surface area contributed by atoms with Gasteiger partial charge in [0.05, 0.1) is 23.0 Å². The molecule has 0 aliphatic carbocycles. The Labute approximate surface area is 108 Å². The minimum atomic E-state index is -0.428. The standard InChI is InChI=1S/C12H9ClN4O/c13-8-1-2-11(16-5-8)17-6-9-12(10(17)7-18)15-4-3-14-9/h1-5,7,10H,6H2. The van der Waals surface area contributed by atoms with Gasteiger partial charge in [-0.2, -0.15) is 0 Å². The molecular formula is C12H9ClN4O. The van der Waals surface area contributed by atoms with Gasteiger partial charge in [-0.3, -0.25) is 9.97 Å². The second-order valence-corrected chi connectivity index (χ2v) is 4.37. The largest absolute Gasteiger partial charge is 0.335 e. The second-order valence-electron chi connectivity index (χ2n) is 3.93. The van der Waals surface area contributed by atoms with Crippen LogP contribution in [0.2, 0.25) is 5.02 Å². The Balaban J connectivity index is 2.00. The summed E-state index contributed by atoms with van der Waals surface area (Å²) in [7, 11) is 0. The van der Waals surface area contributed by atoms with Gasteiger partial charge in [-0.25, -0.2) is 4.98 Å². The van der Waals surface area contributed by atoms with Gasteiger partial charge in [0, 0.05) is 18.6 Å². The molecule has 0 bridgehead atoms. The Morgan fingerprint density at radius 1 is 1.28 bits per heavy atom. The average molecular weight is 261 g/mol. The molecule has 1 atom stereocenters. The number of pyridine rings is 1. The summed E-state index contributed by atoms with van der Waals surface area (Å²) in [6.07, 6.45) is 5.63. The van der Waals surface area contributed by atoms with Crippen molar-refractivity contribution in [1.29, 1.82) is 0 Å². The van der Waals surface area contributed by atoms with E-state index in [9.17, 15) is 4.79 Å². The van der Waals surface area contributed by atoms with E-state index in [1.807, 2.05) is 4.90 Å². The lowest BCUT2D eigenvalue weighted by molar-refractivity contribution is -0.109. The third-order valence-electron chi connectivity index (χ3n) is 2.88. The zero-order chi connectivity index (χ0) is 12.5. The molecule has 1 unspecified atom stereocenters. The van der Waals surface area contributed by atoms with E-state index in [1.54, 1.807) is 30.7 Å². The van der Waals surface area contributed by atoms with E-state index in [0.29, 0.717) is 23.1 Å². The number of aromatic nitrogens is 3. The molecular weight excluding hydrogens is 252 g/mol. The summed E-state index contributed by atoms with van der Waals surface area (Å²) < 4.78 is 0. The van der Waals surface area contributed by atoms with Crippen molar-refractivity contribution in [2.45, 2.75) is 12.6 Å². The van der Waals surface area contributed by atoms with Gasteiger partial charge in [-0.05, 0) is 12.1 Å². The first-order valence-corrected chi connectivity index (χ1v) is 5.80. The lowest BCUT2D eigenvalue weighted by atomic mass is 10.2. The highest BCUT2D eigenvalue weighted by atomic mass is 35.5.